The molecule has 3 aromatic carbocycles. The standard InChI is InChI=1S/C27H29NO5/c1-18(19-10-13-22(14-11-19)33-27(2,3)26(30)31)17-28-25(29)23-16-21(12-15-24(23)32-4)20-8-6-5-7-9-20/h5-16,18H,17H2,1-4H3,(H,28,29)(H,30,31)/t18-/m1/s1. The first-order chi connectivity index (χ1) is 15.7. The zero-order valence-electron chi connectivity index (χ0n) is 19.3. The summed E-state index contributed by atoms with van der Waals surface area (Å²) in [5.41, 5.74) is 2.13. The van der Waals surface area contributed by atoms with Crippen LogP contribution >= 0.6 is 0 Å². The van der Waals surface area contributed by atoms with E-state index in [9.17, 15) is 14.7 Å². The van der Waals surface area contributed by atoms with E-state index in [0.29, 0.717) is 23.6 Å². The van der Waals surface area contributed by atoms with E-state index in [-0.39, 0.29) is 11.8 Å². The summed E-state index contributed by atoms with van der Waals surface area (Å²) in [5.74, 6) is -0.208. The Hall–Kier alpha value is -3.80. The Kier molecular flexibility index (Phi) is 7.38. The summed E-state index contributed by atoms with van der Waals surface area (Å²) in [4.78, 5) is 24.2. The van der Waals surface area contributed by atoms with E-state index in [1.165, 1.54) is 13.8 Å². The Labute approximate surface area is 194 Å². The molecule has 2 N–H and O–H groups in total. The van der Waals surface area contributed by atoms with Gasteiger partial charge in [0.1, 0.15) is 11.5 Å². The van der Waals surface area contributed by atoms with Crippen LogP contribution in [0.25, 0.3) is 11.1 Å². The molecule has 1 amide bonds. The number of carbonyl (C=O) groups is 2. The lowest BCUT2D eigenvalue weighted by Gasteiger charge is -2.22. The van der Waals surface area contributed by atoms with Gasteiger partial charge in [-0.05, 0) is 60.7 Å². The van der Waals surface area contributed by atoms with Gasteiger partial charge in [-0.15, -0.1) is 0 Å². The first-order valence-electron chi connectivity index (χ1n) is 10.8. The predicted molar refractivity (Wildman–Crippen MR) is 128 cm³/mol. The van der Waals surface area contributed by atoms with E-state index in [0.717, 1.165) is 16.7 Å². The second kappa shape index (κ2) is 10.2. The predicted octanol–water partition coefficient (Wildman–Crippen LogP) is 5.14. The van der Waals surface area contributed by atoms with Crippen molar-refractivity contribution in [1.29, 1.82) is 0 Å². The quantitative estimate of drug-likeness (QED) is 0.475. The number of methoxy groups -OCH3 is 1. The molecule has 1 atom stereocenters. The zero-order chi connectivity index (χ0) is 24.0. The minimum atomic E-state index is -1.31. The summed E-state index contributed by atoms with van der Waals surface area (Å²) in [7, 11) is 1.55. The molecule has 0 aliphatic carbocycles. The molecule has 0 fully saturated rings. The molecule has 0 saturated heterocycles. The van der Waals surface area contributed by atoms with Gasteiger partial charge in [-0.1, -0.05) is 55.5 Å². The van der Waals surface area contributed by atoms with Crippen LogP contribution in [0.3, 0.4) is 0 Å². The first kappa shape index (κ1) is 23.9. The van der Waals surface area contributed by atoms with Crippen LogP contribution in [-0.4, -0.2) is 36.2 Å². The summed E-state index contributed by atoms with van der Waals surface area (Å²) < 4.78 is 10.9. The lowest BCUT2D eigenvalue weighted by molar-refractivity contribution is -0.152. The van der Waals surface area contributed by atoms with E-state index in [1.807, 2.05) is 61.5 Å². The number of aliphatic carboxylic acids is 1. The number of carboxylic acid groups (broad SMARTS) is 1. The van der Waals surface area contributed by atoms with Crippen LogP contribution in [0.2, 0.25) is 0 Å². The molecule has 0 aliphatic heterocycles. The third kappa shape index (κ3) is 5.92. The smallest absolute Gasteiger partial charge is 0.347 e. The maximum atomic E-state index is 13.0. The molecule has 0 unspecified atom stereocenters. The van der Waals surface area contributed by atoms with Gasteiger partial charge >= 0.3 is 5.97 Å². The summed E-state index contributed by atoms with van der Waals surface area (Å²) >= 11 is 0. The van der Waals surface area contributed by atoms with Crippen LogP contribution in [0.5, 0.6) is 11.5 Å². The maximum Gasteiger partial charge on any atom is 0.347 e. The molecule has 33 heavy (non-hydrogen) atoms. The average Bonchev–Trinajstić information content (AvgIpc) is 2.82. The van der Waals surface area contributed by atoms with Gasteiger partial charge in [0.05, 0.1) is 12.7 Å². The highest BCUT2D eigenvalue weighted by molar-refractivity contribution is 5.98. The number of hydrogen-bond donors (Lipinski definition) is 2. The first-order valence-corrected chi connectivity index (χ1v) is 10.8. The number of carboxylic acids is 1. The average molecular weight is 448 g/mol. The van der Waals surface area contributed by atoms with E-state index < -0.39 is 11.6 Å². The Morgan fingerprint density at radius 3 is 2.24 bits per heavy atom. The lowest BCUT2D eigenvalue weighted by atomic mass is 10.00. The molecule has 6 nitrogen and oxygen atoms in total. The number of ether oxygens (including phenoxy) is 2. The largest absolute Gasteiger partial charge is 0.496 e. The van der Waals surface area contributed by atoms with Gasteiger partial charge in [0.15, 0.2) is 5.60 Å². The van der Waals surface area contributed by atoms with Crippen molar-refractivity contribution >= 4 is 11.9 Å². The molecule has 0 aliphatic rings. The van der Waals surface area contributed by atoms with Crippen molar-refractivity contribution in [2.45, 2.75) is 32.3 Å². The van der Waals surface area contributed by atoms with Crippen molar-refractivity contribution in [3.8, 4) is 22.6 Å². The third-order valence-corrected chi connectivity index (χ3v) is 5.46. The minimum Gasteiger partial charge on any atom is -0.496 e. The summed E-state index contributed by atoms with van der Waals surface area (Å²) in [5, 5.41) is 12.2. The number of amides is 1. The molecule has 6 heteroatoms. The highest BCUT2D eigenvalue weighted by Crippen LogP contribution is 2.27. The molecule has 0 spiro atoms. The fourth-order valence-electron chi connectivity index (χ4n) is 3.36. The van der Waals surface area contributed by atoms with E-state index in [4.69, 9.17) is 9.47 Å². The molecular weight excluding hydrogens is 418 g/mol. The molecule has 172 valence electrons. The summed E-state index contributed by atoms with van der Waals surface area (Å²) in [6.07, 6.45) is 0. The topological polar surface area (TPSA) is 84.9 Å². The van der Waals surface area contributed by atoms with Gasteiger partial charge in [-0.25, -0.2) is 4.79 Å². The van der Waals surface area contributed by atoms with E-state index in [1.54, 1.807) is 25.3 Å². The SMILES string of the molecule is COc1ccc(-c2ccccc2)cc1C(=O)NC[C@@H](C)c1ccc(OC(C)(C)C(=O)O)cc1. The second-order valence-electron chi connectivity index (χ2n) is 8.38. The van der Waals surface area contributed by atoms with Crippen molar-refractivity contribution in [1.82, 2.24) is 5.32 Å². The van der Waals surface area contributed by atoms with E-state index >= 15 is 0 Å². The monoisotopic (exact) mass is 447 g/mol. The Balaban J connectivity index is 1.67. The molecule has 0 saturated carbocycles. The molecule has 0 radical (unpaired) electrons. The number of rotatable bonds is 9. The number of hydrogen-bond acceptors (Lipinski definition) is 4. The van der Waals surface area contributed by atoms with Crippen LogP contribution in [0.15, 0.2) is 72.8 Å². The van der Waals surface area contributed by atoms with Gasteiger partial charge < -0.3 is 19.9 Å². The minimum absolute atomic E-state index is 0.0405. The van der Waals surface area contributed by atoms with Crippen molar-refractivity contribution in [2.75, 3.05) is 13.7 Å². The van der Waals surface area contributed by atoms with Crippen molar-refractivity contribution < 1.29 is 24.2 Å². The molecule has 0 heterocycles. The van der Waals surface area contributed by atoms with Crippen LogP contribution in [0.1, 0.15) is 42.6 Å². The molecular formula is C27H29NO5. The Morgan fingerprint density at radius 1 is 0.970 bits per heavy atom. The van der Waals surface area contributed by atoms with E-state index in [2.05, 4.69) is 5.32 Å². The van der Waals surface area contributed by atoms with Crippen LogP contribution in [0, 0.1) is 0 Å². The molecule has 3 rings (SSSR count). The number of nitrogens with one attached hydrogen (secondary N) is 1. The van der Waals surface area contributed by atoms with Crippen molar-refractivity contribution in [2.24, 2.45) is 0 Å². The summed E-state index contributed by atoms with van der Waals surface area (Å²) in [6, 6.07) is 22.7. The molecule has 0 bridgehead atoms. The highest BCUT2D eigenvalue weighted by Gasteiger charge is 2.29. The highest BCUT2D eigenvalue weighted by atomic mass is 16.5. The molecule has 3 aromatic rings. The number of benzene rings is 3. The van der Waals surface area contributed by atoms with Crippen LogP contribution in [0.4, 0.5) is 0 Å². The van der Waals surface area contributed by atoms with Gasteiger partial charge in [0.25, 0.3) is 5.91 Å². The van der Waals surface area contributed by atoms with Crippen LogP contribution in [-0.2, 0) is 4.79 Å². The molecule has 0 aromatic heterocycles. The fraction of sp³-hybridized carbons (Fsp3) is 0.259. The van der Waals surface area contributed by atoms with Gasteiger partial charge in [-0.2, -0.15) is 0 Å². The van der Waals surface area contributed by atoms with Crippen molar-refractivity contribution in [3.05, 3.63) is 83.9 Å². The number of carbonyl (C=O) groups excluding carboxylic acids is 1. The van der Waals surface area contributed by atoms with Gasteiger partial charge in [-0.3, -0.25) is 4.79 Å². The van der Waals surface area contributed by atoms with Gasteiger partial charge in [0, 0.05) is 6.54 Å². The summed E-state index contributed by atoms with van der Waals surface area (Å²) in [6.45, 7) is 5.44. The maximum absolute atomic E-state index is 13.0. The zero-order valence-corrected chi connectivity index (χ0v) is 19.3. The Bertz CT molecular complexity index is 1110. The Morgan fingerprint density at radius 2 is 1.64 bits per heavy atom. The van der Waals surface area contributed by atoms with Crippen molar-refractivity contribution in [3.63, 3.8) is 0 Å². The lowest BCUT2D eigenvalue weighted by Crippen LogP contribution is -2.37. The third-order valence-electron chi connectivity index (χ3n) is 5.46. The fourth-order valence-corrected chi connectivity index (χ4v) is 3.36. The second-order valence-corrected chi connectivity index (χ2v) is 8.38. The van der Waals surface area contributed by atoms with Gasteiger partial charge in [0.2, 0.25) is 0 Å². The van der Waals surface area contributed by atoms with Crippen LogP contribution < -0.4 is 14.8 Å². The normalized spacial score (nSPS) is 12.0.